The van der Waals surface area contributed by atoms with E-state index in [4.69, 9.17) is 4.74 Å². The Kier molecular flexibility index (Phi) is 6.78. The summed E-state index contributed by atoms with van der Waals surface area (Å²) in [6.07, 6.45) is 2.59. The van der Waals surface area contributed by atoms with Crippen LogP contribution in [0.25, 0.3) is 0 Å². The maximum atomic E-state index is 5.19. The molecular weight excluding hydrogens is 350 g/mol. The zero-order chi connectivity index (χ0) is 19.8. The van der Waals surface area contributed by atoms with Crippen LogP contribution in [0.1, 0.15) is 25.0 Å². The fraction of sp³-hybridized carbons (Fsp3) is 0.318. The molecule has 0 aliphatic rings. The molecule has 0 aliphatic heterocycles. The number of methoxy groups -OCH3 is 1. The average Bonchev–Trinajstić information content (AvgIpc) is 2.73. The molecular formula is C22H27N5O. The van der Waals surface area contributed by atoms with E-state index in [1.807, 2.05) is 18.2 Å². The van der Waals surface area contributed by atoms with Crippen molar-refractivity contribution in [3.05, 3.63) is 71.9 Å². The van der Waals surface area contributed by atoms with Crippen LogP contribution in [0.15, 0.2) is 60.8 Å². The van der Waals surface area contributed by atoms with Gasteiger partial charge in [-0.05, 0) is 43.5 Å². The van der Waals surface area contributed by atoms with Gasteiger partial charge in [0.25, 0.3) is 0 Å². The third-order valence-corrected chi connectivity index (χ3v) is 4.52. The molecule has 0 saturated heterocycles. The van der Waals surface area contributed by atoms with Crippen molar-refractivity contribution in [2.45, 2.75) is 32.9 Å². The molecule has 3 aromatic rings. The normalized spacial score (nSPS) is 10.7. The number of nitrogens with zero attached hydrogens (tertiary/aromatic N) is 4. The van der Waals surface area contributed by atoms with Gasteiger partial charge in [0.1, 0.15) is 5.75 Å². The smallest absolute Gasteiger partial charge is 0.244 e. The number of anilines is 2. The summed E-state index contributed by atoms with van der Waals surface area (Å²) in [7, 11) is 1.67. The monoisotopic (exact) mass is 377 g/mol. The van der Waals surface area contributed by atoms with Gasteiger partial charge in [-0.15, -0.1) is 5.10 Å². The highest BCUT2D eigenvalue weighted by molar-refractivity contribution is 5.42. The second-order valence-corrected chi connectivity index (χ2v) is 6.87. The molecule has 0 amide bonds. The molecule has 2 aromatic carbocycles. The Hall–Kier alpha value is -3.15. The summed E-state index contributed by atoms with van der Waals surface area (Å²) in [6.45, 7) is 5.82. The topological polar surface area (TPSA) is 63.2 Å². The average molecular weight is 377 g/mol. The second kappa shape index (κ2) is 9.69. The molecule has 0 atom stereocenters. The Balaban J connectivity index is 1.62. The van der Waals surface area contributed by atoms with E-state index in [9.17, 15) is 0 Å². The van der Waals surface area contributed by atoms with E-state index in [0.29, 0.717) is 12.0 Å². The lowest BCUT2D eigenvalue weighted by molar-refractivity contribution is 0.414. The van der Waals surface area contributed by atoms with Crippen LogP contribution in [0, 0.1) is 0 Å². The van der Waals surface area contributed by atoms with Gasteiger partial charge in [-0.25, -0.2) is 0 Å². The summed E-state index contributed by atoms with van der Waals surface area (Å²) < 4.78 is 5.19. The van der Waals surface area contributed by atoms with Gasteiger partial charge < -0.3 is 15.0 Å². The highest BCUT2D eigenvalue weighted by atomic mass is 16.5. The van der Waals surface area contributed by atoms with Crippen LogP contribution < -0.4 is 15.0 Å². The van der Waals surface area contributed by atoms with Crippen molar-refractivity contribution in [2.75, 3.05) is 23.9 Å². The van der Waals surface area contributed by atoms with E-state index in [1.165, 1.54) is 11.1 Å². The van der Waals surface area contributed by atoms with Crippen LogP contribution in [-0.2, 0) is 13.0 Å². The van der Waals surface area contributed by atoms with Crippen molar-refractivity contribution in [3.8, 4) is 5.75 Å². The van der Waals surface area contributed by atoms with Gasteiger partial charge in [-0.1, -0.05) is 42.5 Å². The molecule has 146 valence electrons. The summed E-state index contributed by atoms with van der Waals surface area (Å²) in [5.74, 6) is 2.23. The van der Waals surface area contributed by atoms with Crippen molar-refractivity contribution in [1.29, 1.82) is 0 Å². The minimum atomic E-state index is 0.295. The highest BCUT2D eigenvalue weighted by Crippen LogP contribution is 2.18. The molecule has 0 unspecified atom stereocenters. The van der Waals surface area contributed by atoms with Crippen LogP contribution in [0.3, 0.4) is 0 Å². The molecule has 3 rings (SSSR count). The first-order valence-electron chi connectivity index (χ1n) is 9.53. The summed E-state index contributed by atoms with van der Waals surface area (Å²) in [5, 5.41) is 11.5. The van der Waals surface area contributed by atoms with Crippen molar-refractivity contribution in [1.82, 2.24) is 15.2 Å². The molecule has 0 saturated carbocycles. The maximum Gasteiger partial charge on any atom is 0.244 e. The molecule has 1 aromatic heterocycles. The van der Waals surface area contributed by atoms with Gasteiger partial charge >= 0.3 is 0 Å². The van der Waals surface area contributed by atoms with E-state index in [0.717, 1.165) is 31.1 Å². The number of hydrogen-bond acceptors (Lipinski definition) is 6. The molecule has 28 heavy (non-hydrogen) atoms. The minimum absolute atomic E-state index is 0.295. The first-order valence-corrected chi connectivity index (χ1v) is 9.53. The van der Waals surface area contributed by atoms with Crippen molar-refractivity contribution in [2.24, 2.45) is 0 Å². The summed E-state index contributed by atoms with van der Waals surface area (Å²) in [5.41, 5.74) is 2.47. The third kappa shape index (κ3) is 5.42. The molecule has 0 aliphatic carbocycles. The van der Waals surface area contributed by atoms with Gasteiger partial charge in [-0.3, -0.25) is 0 Å². The Morgan fingerprint density at radius 2 is 1.75 bits per heavy atom. The predicted octanol–water partition coefficient (Wildman–Crippen LogP) is 3.95. The van der Waals surface area contributed by atoms with Crippen LogP contribution in [0.4, 0.5) is 11.8 Å². The largest absolute Gasteiger partial charge is 0.497 e. The van der Waals surface area contributed by atoms with Gasteiger partial charge in [0.2, 0.25) is 5.95 Å². The standard InChI is InChI=1S/C22H27N5O/c1-17(2)27(16-19-7-5-4-6-8-19)21-15-24-26-22(25-21)23-14-13-18-9-11-20(28-3)12-10-18/h4-12,15,17H,13-14,16H2,1-3H3,(H,23,25,26). The van der Waals surface area contributed by atoms with Crippen molar-refractivity contribution in [3.63, 3.8) is 0 Å². The Labute approximate surface area is 166 Å². The van der Waals surface area contributed by atoms with Gasteiger partial charge in [-0.2, -0.15) is 10.1 Å². The number of benzene rings is 2. The number of hydrogen-bond donors (Lipinski definition) is 1. The lowest BCUT2D eigenvalue weighted by Crippen LogP contribution is -2.31. The number of rotatable bonds is 9. The Bertz CT molecular complexity index is 852. The molecule has 6 nitrogen and oxygen atoms in total. The van der Waals surface area contributed by atoms with E-state index in [2.05, 4.69) is 75.6 Å². The summed E-state index contributed by atoms with van der Waals surface area (Å²) in [4.78, 5) is 6.89. The third-order valence-electron chi connectivity index (χ3n) is 4.52. The number of nitrogens with one attached hydrogen (secondary N) is 1. The zero-order valence-electron chi connectivity index (χ0n) is 16.7. The maximum absolute atomic E-state index is 5.19. The zero-order valence-corrected chi connectivity index (χ0v) is 16.7. The van der Waals surface area contributed by atoms with Gasteiger partial charge in [0.05, 0.1) is 13.3 Å². The Morgan fingerprint density at radius 1 is 1.00 bits per heavy atom. The van der Waals surface area contributed by atoms with Gasteiger partial charge in [0.15, 0.2) is 5.82 Å². The predicted molar refractivity (Wildman–Crippen MR) is 113 cm³/mol. The molecule has 6 heteroatoms. The second-order valence-electron chi connectivity index (χ2n) is 6.87. The molecule has 1 heterocycles. The molecule has 0 bridgehead atoms. The lowest BCUT2D eigenvalue weighted by Gasteiger charge is -2.27. The van der Waals surface area contributed by atoms with Crippen LogP contribution in [-0.4, -0.2) is 34.9 Å². The molecule has 1 N–H and O–H groups in total. The van der Waals surface area contributed by atoms with E-state index in [1.54, 1.807) is 13.3 Å². The SMILES string of the molecule is COc1ccc(CCNc2nncc(N(Cc3ccccc3)C(C)C)n2)cc1. The van der Waals surface area contributed by atoms with E-state index in [-0.39, 0.29) is 0 Å². The first-order chi connectivity index (χ1) is 13.7. The minimum Gasteiger partial charge on any atom is -0.497 e. The summed E-state index contributed by atoms with van der Waals surface area (Å²) >= 11 is 0. The van der Waals surface area contributed by atoms with Gasteiger partial charge in [0, 0.05) is 19.1 Å². The van der Waals surface area contributed by atoms with Crippen molar-refractivity contribution < 1.29 is 4.74 Å². The van der Waals surface area contributed by atoms with Crippen LogP contribution >= 0.6 is 0 Å². The summed E-state index contributed by atoms with van der Waals surface area (Å²) in [6, 6.07) is 18.7. The fourth-order valence-corrected chi connectivity index (χ4v) is 2.93. The first kappa shape index (κ1) is 19.6. The van der Waals surface area contributed by atoms with Crippen LogP contribution in [0.2, 0.25) is 0 Å². The van der Waals surface area contributed by atoms with Crippen molar-refractivity contribution >= 4 is 11.8 Å². The number of aromatic nitrogens is 3. The lowest BCUT2D eigenvalue weighted by atomic mass is 10.1. The highest BCUT2D eigenvalue weighted by Gasteiger charge is 2.14. The van der Waals surface area contributed by atoms with E-state index < -0.39 is 0 Å². The molecule has 0 spiro atoms. The van der Waals surface area contributed by atoms with E-state index >= 15 is 0 Å². The number of ether oxygens (including phenoxy) is 1. The quantitative estimate of drug-likeness (QED) is 0.609. The molecule has 0 fully saturated rings. The Morgan fingerprint density at radius 3 is 2.43 bits per heavy atom. The molecule has 0 radical (unpaired) electrons. The van der Waals surface area contributed by atoms with Crippen LogP contribution in [0.5, 0.6) is 5.75 Å². The fourth-order valence-electron chi connectivity index (χ4n) is 2.93.